The van der Waals surface area contributed by atoms with Crippen molar-refractivity contribution in [3.8, 4) is 11.3 Å². The molecule has 0 unspecified atom stereocenters. The fourth-order valence-corrected chi connectivity index (χ4v) is 3.15. The van der Waals surface area contributed by atoms with Crippen LogP contribution in [0, 0.1) is 0 Å². The predicted molar refractivity (Wildman–Crippen MR) is 84.9 cm³/mol. The molecule has 0 atom stereocenters. The minimum atomic E-state index is 0.499. The summed E-state index contributed by atoms with van der Waals surface area (Å²) in [6.45, 7) is 0. The first-order chi connectivity index (χ1) is 10.8. The molecule has 0 aliphatic heterocycles. The van der Waals surface area contributed by atoms with Gasteiger partial charge in [-0.05, 0) is 12.8 Å². The van der Waals surface area contributed by atoms with Crippen LogP contribution >= 0.6 is 0 Å². The van der Waals surface area contributed by atoms with Gasteiger partial charge in [-0.15, -0.1) is 0 Å². The van der Waals surface area contributed by atoms with Gasteiger partial charge in [-0.2, -0.15) is 9.89 Å². The maximum Gasteiger partial charge on any atom is 0.180 e. The number of nitrogens with two attached hydrogens (primary N) is 1. The van der Waals surface area contributed by atoms with E-state index >= 15 is 0 Å². The number of hydrogen-bond acceptors (Lipinski definition) is 5. The number of nitrogens with zero attached hydrogens (tertiary/aromatic N) is 5. The van der Waals surface area contributed by atoms with Gasteiger partial charge in [0, 0.05) is 24.0 Å². The first-order valence-corrected chi connectivity index (χ1v) is 7.70. The van der Waals surface area contributed by atoms with Gasteiger partial charge in [0.2, 0.25) is 0 Å². The van der Waals surface area contributed by atoms with Crippen molar-refractivity contribution >= 4 is 11.5 Å². The van der Waals surface area contributed by atoms with Crippen molar-refractivity contribution in [2.45, 2.75) is 38.1 Å². The summed E-state index contributed by atoms with van der Waals surface area (Å²) in [6, 6.07) is 0.499. The van der Waals surface area contributed by atoms with Gasteiger partial charge in [0.25, 0.3) is 0 Å². The molecule has 3 aromatic rings. The van der Waals surface area contributed by atoms with Gasteiger partial charge in [-0.25, -0.2) is 9.97 Å². The topological polar surface area (TPSA) is 86.1 Å². The molecule has 0 amide bonds. The number of aromatic nitrogens is 5. The van der Waals surface area contributed by atoms with Gasteiger partial charge < -0.3 is 11.2 Å². The summed E-state index contributed by atoms with van der Waals surface area (Å²) >= 11 is 0. The predicted octanol–water partition coefficient (Wildman–Crippen LogP) is 2.05. The molecule has 3 heterocycles. The molecule has 0 spiro atoms. The fourth-order valence-electron chi connectivity index (χ4n) is 3.15. The largest absolute Gasteiger partial charge is 0.364 e. The average Bonchev–Trinajstić information content (AvgIpc) is 3.15. The van der Waals surface area contributed by atoms with Crippen LogP contribution in [0.5, 0.6) is 0 Å². The van der Waals surface area contributed by atoms with Crippen molar-refractivity contribution in [2.75, 3.05) is 11.2 Å². The summed E-state index contributed by atoms with van der Waals surface area (Å²) in [7, 11) is 0. The lowest BCUT2D eigenvalue weighted by atomic mass is 9.95. The van der Waals surface area contributed by atoms with Gasteiger partial charge in [0.1, 0.15) is 0 Å². The van der Waals surface area contributed by atoms with Crippen molar-refractivity contribution < 1.29 is 0 Å². The van der Waals surface area contributed by atoms with Crippen LogP contribution in [-0.2, 0) is 0 Å². The molecule has 1 saturated carbocycles. The van der Waals surface area contributed by atoms with Crippen LogP contribution in [0.4, 0.5) is 5.82 Å². The maximum absolute atomic E-state index is 5.63. The number of imidazole rings is 1. The highest BCUT2D eigenvalue weighted by atomic mass is 15.5. The normalized spacial score (nSPS) is 16.2. The van der Waals surface area contributed by atoms with E-state index in [2.05, 4.69) is 20.4 Å². The number of hydrogen-bond donors (Lipinski definition) is 2. The molecular weight excluding hydrogens is 278 g/mol. The van der Waals surface area contributed by atoms with E-state index in [0.717, 1.165) is 22.7 Å². The molecule has 3 N–H and O–H groups in total. The molecule has 1 aliphatic rings. The summed E-state index contributed by atoms with van der Waals surface area (Å²) in [4.78, 5) is 10.3. The molecule has 22 heavy (non-hydrogen) atoms. The molecule has 4 rings (SSSR count). The van der Waals surface area contributed by atoms with E-state index in [1.165, 1.54) is 36.9 Å². The summed E-state index contributed by atoms with van der Waals surface area (Å²) in [5, 5.41) is 7.57. The van der Waals surface area contributed by atoms with Crippen LogP contribution in [-0.4, -0.2) is 30.3 Å². The van der Waals surface area contributed by atoms with Crippen LogP contribution in [0.3, 0.4) is 0 Å². The highest BCUT2D eigenvalue weighted by Gasteiger charge is 2.17. The molecule has 0 saturated heterocycles. The second kappa shape index (κ2) is 5.32. The molecule has 0 aromatic carbocycles. The molecule has 0 bridgehead atoms. The number of rotatable bonds is 3. The number of nitrogens with one attached hydrogen (secondary N) is 1. The second-order valence-electron chi connectivity index (χ2n) is 5.80. The first kappa shape index (κ1) is 13.1. The summed E-state index contributed by atoms with van der Waals surface area (Å²) in [6.07, 6.45) is 15.4. The van der Waals surface area contributed by atoms with E-state index in [1.54, 1.807) is 18.6 Å². The third-order valence-corrected chi connectivity index (χ3v) is 4.27. The van der Waals surface area contributed by atoms with Crippen molar-refractivity contribution in [3.63, 3.8) is 0 Å². The fraction of sp³-hybridized carbons (Fsp3) is 0.400. The van der Waals surface area contributed by atoms with Crippen LogP contribution in [0.25, 0.3) is 16.9 Å². The quantitative estimate of drug-likeness (QED) is 0.723. The molecule has 1 fully saturated rings. The van der Waals surface area contributed by atoms with Gasteiger partial charge >= 0.3 is 0 Å². The third-order valence-electron chi connectivity index (χ3n) is 4.27. The average molecular weight is 297 g/mol. The third kappa shape index (κ3) is 2.28. The van der Waals surface area contributed by atoms with E-state index in [-0.39, 0.29) is 0 Å². The van der Waals surface area contributed by atoms with Crippen LogP contribution in [0.2, 0.25) is 0 Å². The highest BCUT2D eigenvalue weighted by molar-refractivity contribution is 5.70. The Bertz CT molecular complexity index is 782. The number of fused-ring (bicyclic) bond motifs is 1. The molecular formula is C15H19N7. The standard InChI is InChI=1S/C15H19N7/c16-22-10-11(8-19-22)13-9-18-15-14(17-6-7-21(13)15)20-12-4-2-1-3-5-12/h6-10,12H,1-5,16H2,(H,17,20). The van der Waals surface area contributed by atoms with Gasteiger partial charge in [-0.1, -0.05) is 19.3 Å². The number of nitrogen functional groups attached to an aromatic ring is 1. The Morgan fingerprint density at radius 3 is 2.77 bits per heavy atom. The number of anilines is 1. The monoisotopic (exact) mass is 297 g/mol. The van der Waals surface area contributed by atoms with E-state index in [0.29, 0.717) is 6.04 Å². The van der Waals surface area contributed by atoms with E-state index in [4.69, 9.17) is 5.84 Å². The SMILES string of the molecule is Nn1cc(-c2cnc3c(NC4CCCCC4)nccn23)cn1. The lowest BCUT2D eigenvalue weighted by Gasteiger charge is -2.23. The summed E-state index contributed by atoms with van der Waals surface area (Å²) in [5.74, 6) is 6.48. The van der Waals surface area contributed by atoms with Crippen molar-refractivity contribution in [1.82, 2.24) is 24.3 Å². The minimum absolute atomic E-state index is 0.499. The lowest BCUT2D eigenvalue weighted by Crippen LogP contribution is -2.23. The Labute approximate surface area is 128 Å². The van der Waals surface area contributed by atoms with E-state index in [9.17, 15) is 0 Å². The molecule has 114 valence electrons. The van der Waals surface area contributed by atoms with Crippen molar-refractivity contribution in [1.29, 1.82) is 0 Å². The Hall–Kier alpha value is -2.57. The zero-order valence-electron chi connectivity index (χ0n) is 12.3. The molecule has 1 aliphatic carbocycles. The van der Waals surface area contributed by atoms with Crippen LogP contribution < -0.4 is 11.2 Å². The van der Waals surface area contributed by atoms with Crippen LogP contribution in [0.15, 0.2) is 31.0 Å². The second-order valence-corrected chi connectivity index (χ2v) is 5.80. The zero-order chi connectivity index (χ0) is 14.9. The summed E-state index contributed by atoms with van der Waals surface area (Å²) in [5.41, 5.74) is 2.73. The Kier molecular flexibility index (Phi) is 3.17. The summed E-state index contributed by atoms with van der Waals surface area (Å²) < 4.78 is 2.02. The van der Waals surface area contributed by atoms with Gasteiger partial charge in [-0.3, -0.25) is 4.40 Å². The lowest BCUT2D eigenvalue weighted by molar-refractivity contribution is 0.462. The van der Waals surface area contributed by atoms with E-state index < -0.39 is 0 Å². The smallest absolute Gasteiger partial charge is 0.180 e. The Balaban J connectivity index is 1.70. The zero-order valence-corrected chi connectivity index (χ0v) is 12.3. The van der Waals surface area contributed by atoms with Crippen molar-refractivity contribution in [2.24, 2.45) is 0 Å². The van der Waals surface area contributed by atoms with Gasteiger partial charge in [0.05, 0.1) is 24.3 Å². The maximum atomic E-state index is 5.63. The van der Waals surface area contributed by atoms with E-state index in [1.807, 2.05) is 16.8 Å². The van der Waals surface area contributed by atoms with Crippen LogP contribution in [0.1, 0.15) is 32.1 Å². The van der Waals surface area contributed by atoms with Gasteiger partial charge in [0.15, 0.2) is 11.5 Å². The first-order valence-electron chi connectivity index (χ1n) is 7.70. The Morgan fingerprint density at radius 1 is 1.14 bits per heavy atom. The highest BCUT2D eigenvalue weighted by Crippen LogP contribution is 2.25. The molecule has 7 heteroatoms. The van der Waals surface area contributed by atoms with Crippen molar-refractivity contribution in [3.05, 3.63) is 31.0 Å². The molecule has 7 nitrogen and oxygen atoms in total. The molecule has 3 aromatic heterocycles. The Morgan fingerprint density at radius 2 is 2.00 bits per heavy atom. The minimum Gasteiger partial charge on any atom is -0.364 e. The molecule has 0 radical (unpaired) electrons.